The van der Waals surface area contributed by atoms with Gasteiger partial charge in [-0.05, 0) is 17.7 Å². The maximum Gasteiger partial charge on any atom is 0.166 e. The van der Waals surface area contributed by atoms with Crippen LogP contribution in [0.2, 0.25) is 0 Å². The molecule has 0 radical (unpaired) electrons. The number of aliphatic hydroxyl groups excluding tert-OH is 2. The number of aliphatic imine (C=N–C) groups is 2. The normalized spacial score (nSPS) is 13.4. The molecule has 1 aliphatic heterocycles. The molecular weight excluding hydrogens is 320 g/mol. The van der Waals surface area contributed by atoms with Gasteiger partial charge in [0.15, 0.2) is 11.5 Å². The minimum absolute atomic E-state index is 0.00322. The van der Waals surface area contributed by atoms with Crippen molar-refractivity contribution < 1.29 is 19.7 Å². The van der Waals surface area contributed by atoms with E-state index >= 15 is 0 Å². The van der Waals surface area contributed by atoms with Crippen molar-refractivity contribution in [1.82, 2.24) is 0 Å². The number of benzene rings is 2. The van der Waals surface area contributed by atoms with Crippen LogP contribution >= 0.6 is 0 Å². The molecule has 6 heteroatoms. The first-order chi connectivity index (χ1) is 12.2. The van der Waals surface area contributed by atoms with Crippen molar-refractivity contribution in [2.45, 2.75) is 13.2 Å². The number of methoxy groups -OCH3 is 2. The highest BCUT2D eigenvalue weighted by molar-refractivity contribution is 6.54. The fraction of sp³-hybridized carbons (Fsp3) is 0.263. The van der Waals surface area contributed by atoms with E-state index in [0.29, 0.717) is 23.7 Å². The van der Waals surface area contributed by atoms with Gasteiger partial charge in [0, 0.05) is 16.7 Å². The predicted molar refractivity (Wildman–Crippen MR) is 95.8 cm³/mol. The van der Waals surface area contributed by atoms with Crippen LogP contribution in [0.25, 0.3) is 0 Å². The second-order valence-electron chi connectivity index (χ2n) is 5.54. The van der Waals surface area contributed by atoms with E-state index in [1.807, 2.05) is 36.4 Å². The van der Waals surface area contributed by atoms with E-state index < -0.39 is 0 Å². The Hall–Kier alpha value is -2.70. The lowest BCUT2D eigenvalue weighted by Crippen LogP contribution is -2.15. The van der Waals surface area contributed by atoms with Crippen molar-refractivity contribution in [1.29, 1.82) is 0 Å². The number of hydrogen-bond acceptors (Lipinski definition) is 6. The van der Waals surface area contributed by atoms with Gasteiger partial charge in [-0.15, -0.1) is 0 Å². The first-order valence-electron chi connectivity index (χ1n) is 7.87. The summed E-state index contributed by atoms with van der Waals surface area (Å²) in [4.78, 5) is 8.99. The monoisotopic (exact) mass is 340 g/mol. The predicted octanol–water partition coefficient (Wildman–Crippen LogP) is 1.94. The van der Waals surface area contributed by atoms with Crippen LogP contribution in [0.15, 0.2) is 46.4 Å². The smallest absolute Gasteiger partial charge is 0.166 e. The Morgan fingerprint density at radius 2 is 1.56 bits per heavy atom. The fourth-order valence-corrected chi connectivity index (χ4v) is 2.85. The number of aliphatic hydroxyl groups is 2. The van der Waals surface area contributed by atoms with Gasteiger partial charge in [0.1, 0.15) is 6.67 Å². The van der Waals surface area contributed by atoms with Gasteiger partial charge in [0.05, 0.1) is 38.9 Å². The zero-order valence-electron chi connectivity index (χ0n) is 14.2. The molecule has 2 N–H and O–H groups in total. The Balaban J connectivity index is 2.02. The Morgan fingerprint density at radius 3 is 2.12 bits per heavy atom. The minimum atomic E-state index is -0.168. The summed E-state index contributed by atoms with van der Waals surface area (Å²) in [6.45, 7) is 0.191. The molecule has 0 amide bonds. The molecule has 2 aromatic carbocycles. The molecule has 0 aromatic heterocycles. The number of hydrogen-bond donors (Lipinski definition) is 2. The van der Waals surface area contributed by atoms with Crippen LogP contribution < -0.4 is 9.47 Å². The molecule has 0 bridgehead atoms. The zero-order valence-corrected chi connectivity index (χ0v) is 14.2. The molecule has 6 nitrogen and oxygen atoms in total. The van der Waals surface area contributed by atoms with Gasteiger partial charge >= 0.3 is 0 Å². The van der Waals surface area contributed by atoms with Crippen LogP contribution in [0.4, 0.5) is 0 Å². The molecule has 3 rings (SSSR count). The highest BCUT2D eigenvalue weighted by Gasteiger charge is 2.21. The van der Waals surface area contributed by atoms with E-state index in [4.69, 9.17) is 9.47 Å². The van der Waals surface area contributed by atoms with Gasteiger partial charge in [-0.2, -0.15) is 0 Å². The molecule has 0 saturated heterocycles. The highest BCUT2D eigenvalue weighted by Crippen LogP contribution is 2.33. The van der Waals surface area contributed by atoms with Crippen LogP contribution in [0.1, 0.15) is 22.3 Å². The third-order valence-corrected chi connectivity index (χ3v) is 4.09. The first-order valence-corrected chi connectivity index (χ1v) is 7.87. The van der Waals surface area contributed by atoms with Crippen LogP contribution in [-0.4, -0.2) is 42.5 Å². The standard InChI is InChI=1S/C19H20N2O4/c1-24-16-8-14(7-15(10-23)19(16)25-2)18-17(20-11-21-18)13-5-3-12(9-22)4-6-13/h3-8,22-23H,9-11H2,1-2H3. The third kappa shape index (κ3) is 3.26. The summed E-state index contributed by atoms with van der Waals surface area (Å²) in [6, 6.07) is 11.2. The summed E-state index contributed by atoms with van der Waals surface area (Å²) < 4.78 is 10.7. The van der Waals surface area contributed by atoms with Crippen LogP contribution in [-0.2, 0) is 13.2 Å². The summed E-state index contributed by atoms with van der Waals surface area (Å²) in [5.74, 6) is 1.05. The molecule has 0 aliphatic carbocycles. The average molecular weight is 340 g/mol. The fourth-order valence-electron chi connectivity index (χ4n) is 2.85. The Bertz CT molecular complexity index is 801. The van der Waals surface area contributed by atoms with Gasteiger partial charge in [-0.1, -0.05) is 24.3 Å². The molecule has 2 aromatic rings. The van der Waals surface area contributed by atoms with Crippen LogP contribution in [0.5, 0.6) is 11.5 Å². The molecule has 0 unspecified atom stereocenters. The van der Waals surface area contributed by atoms with Gasteiger partial charge in [0.2, 0.25) is 0 Å². The van der Waals surface area contributed by atoms with E-state index in [0.717, 1.165) is 28.1 Å². The van der Waals surface area contributed by atoms with Gasteiger partial charge < -0.3 is 19.7 Å². The Morgan fingerprint density at radius 1 is 0.880 bits per heavy atom. The molecule has 0 saturated carbocycles. The summed E-state index contributed by atoms with van der Waals surface area (Å²) in [5, 5.41) is 18.8. The SMILES string of the molecule is COc1cc(C2=NCN=C2c2ccc(CO)cc2)cc(CO)c1OC. The van der Waals surface area contributed by atoms with Crippen molar-refractivity contribution in [2.24, 2.45) is 9.98 Å². The minimum Gasteiger partial charge on any atom is -0.493 e. The van der Waals surface area contributed by atoms with E-state index in [1.165, 1.54) is 0 Å². The van der Waals surface area contributed by atoms with Gasteiger partial charge in [-0.25, -0.2) is 0 Å². The zero-order chi connectivity index (χ0) is 17.8. The van der Waals surface area contributed by atoms with E-state index in [1.54, 1.807) is 14.2 Å². The van der Waals surface area contributed by atoms with Crippen molar-refractivity contribution in [2.75, 3.05) is 20.9 Å². The molecule has 130 valence electrons. The quantitative estimate of drug-likeness (QED) is 0.842. The molecule has 1 heterocycles. The van der Waals surface area contributed by atoms with Crippen LogP contribution in [0, 0.1) is 0 Å². The second kappa shape index (κ2) is 7.46. The summed E-state index contributed by atoms with van der Waals surface area (Å²) in [6.07, 6.45) is 0. The van der Waals surface area contributed by atoms with Gasteiger partial charge in [0.25, 0.3) is 0 Å². The molecular formula is C19H20N2O4. The van der Waals surface area contributed by atoms with E-state index in [-0.39, 0.29) is 13.2 Å². The average Bonchev–Trinajstić information content (AvgIpc) is 3.16. The first kappa shape index (κ1) is 17.1. The number of ether oxygens (including phenoxy) is 2. The highest BCUT2D eigenvalue weighted by atomic mass is 16.5. The second-order valence-corrected chi connectivity index (χ2v) is 5.54. The van der Waals surface area contributed by atoms with Gasteiger partial charge in [-0.3, -0.25) is 9.98 Å². The molecule has 1 aliphatic rings. The lowest BCUT2D eigenvalue weighted by molar-refractivity contribution is 0.270. The van der Waals surface area contributed by atoms with E-state index in [9.17, 15) is 10.2 Å². The molecule has 25 heavy (non-hydrogen) atoms. The number of nitrogens with zero attached hydrogens (tertiary/aromatic N) is 2. The Kier molecular flexibility index (Phi) is 5.11. The van der Waals surface area contributed by atoms with E-state index in [2.05, 4.69) is 9.98 Å². The lowest BCUT2D eigenvalue weighted by Gasteiger charge is -2.15. The lowest BCUT2D eigenvalue weighted by atomic mass is 9.97. The molecule has 0 atom stereocenters. The third-order valence-electron chi connectivity index (χ3n) is 4.09. The van der Waals surface area contributed by atoms with Crippen molar-refractivity contribution in [3.63, 3.8) is 0 Å². The topological polar surface area (TPSA) is 83.6 Å². The summed E-state index contributed by atoms with van der Waals surface area (Å²) in [5.41, 5.74) is 4.72. The molecule has 0 fully saturated rings. The summed E-state index contributed by atoms with van der Waals surface area (Å²) >= 11 is 0. The number of rotatable bonds is 6. The van der Waals surface area contributed by atoms with Crippen molar-refractivity contribution in [3.05, 3.63) is 58.7 Å². The van der Waals surface area contributed by atoms with Crippen LogP contribution in [0.3, 0.4) is 0 Å². The maximum atomic E-state index is 9.65. The Labute approximate surface area is 146 Å². The van der Waals surface area contributed by atoms with Crippen molar-refractivity contribution >= 4 is 11.4 Å². The van der Waals surface area contributed by atoms with Crippen molar-refractivity contribution in [3.8, 4) is 11.5 Å². The summed E-state index contributed by atoms with van der Waals surface area (Å²) in [7, 11) is 3.10. The largest absolute Gasteiger partial charge is 0.493 e. The molecule has 0 spiro atoms. The maximum absolute atomic E-state index is 9.65.